The van der Waals surface area contributed by atoms with E-state index in [0.29, 0.717) is 118 Å². The molecule has 4 unspecified atom stereocenters. The standard InChI is InChI=1S/C25H29F3N4O2S.2C24H28F3N5O2S.C23H28ClN5O2S/c1-35(2,33)32-11-7-17(8-12-32)21-13-19-14-22(34-23(19)16-29-21)18-5-9-31(10-6-18)24-4-3-20(15-30-24)25(26,27)28;1-35(2,33)32-9-5-16(6-10-32)20-11-18-12-21(34-22(18)15-28-20)17-3-7-31(8-4-17)23-29-13-19(14-30-23)24(25,26)27;1-35(2,33)32-9-5-16(6-10-32)19-11-18-12-20(34-21(18)13-28-19)17-3-7-31(8-4-17)23-15-29-22(14-30-23)24(25,26)27;1-32(2,30)29-9-5-16(6-10-29)20-11-18-12-21(31-22(18)15-25-20)17-3-7-28(8-4-17)23-26-13-19(24)14-27-23/h3-4,7,13,15-16,18,22H,1,5-6,8-12,14H2,2H3;5,11,13-15,17,21H,1,3-4,6-10,12H2,2H3;5,11,13-15,17,20H,1,3-4,6-10,12H2,2H3;5,11,13-15,17,21H,1,3-4,6-10,12H2,2H3/t22-,35?;21-,35?;20-,35?;21-,32?/m1111/s1. The fourth-order valence-electron chi connectivity index (χ4n) is 19.8. The molecule has 4 saturated heterocycles. The topological polar surface area (TPSA) is 273 Å². The smallest absolute Gasteiger partial charge is 0.434 e. The van der Waals surface area contributed by atoms with Gasteiger partial charge >= 0.3 is 18.5 Å². The molecule has 27 nitrogen and oxygen atoms in total. The second-order valence-electron chi connectivity index (χ2n) is 37.4. The molecule has 12 aliphatic heterocycles. The molecule has 0 aliphatic carbocycles. The predicted molar refractivity (Wildman–Crippen MR) is 521 cm³/mol. The summed E-state index contributed by atoms with van der Waals surface area (Å²) >= 11 is 5.90. The quantitative estimate of drug-likeness (QED) is 0.0642. The lowest BCUT2D eigenvalue weighted by Crippen LogP contribution is -2.40. The van der Waals surface area contributed by atoms with Crippen LogP contribution in [0.2, 0.25) is 5.02 Å². The highest BCUT2D eigenvalue weighted by Crippen LogP contribution is 2.45. The summed E-state index contributed by atoms with van der Waals surface area (Å²) in [5.74, 6) is 22.2. The number of aromatic nitrogens is 11. The van der Waals surface area contributed by atoms with Gasteiger partial charge in [-0.2, -0.15) is 39.5 Å². The van der Waals surface area contributed by atoms with Gasteiger partial charge in [0.25, 0.3) is 0 Å². The Balaban J connectivity index is 0.000000127. The van der Waals surface area contributed by atoms with E-state index in [0.717, 1.165) is 251 Å². The summed E-state index contributed by atoms with van der Waals surface area (Å²) < 4.78 is 196. The molecule has 8 aromatic heterocycles. The van der Waals surface area contributed by atoms with Gasteiger partial charge in [0.15, 0.2) is 5.69 Å². The molecule has 0 aromatic carbocycles. The van der Waals surface area contributed by atoms with Gasteiger partial charge in [-0.1, -0.05) is 35.9 Å². The average molecular weight is 2000 g/mol. The molecule has 41 heteroatoms. The molecule has 20 rings (SSSR count). The van der Waals surface area contributed by atoms with E-state index in [1.807, 2.05) is 44.3 Å². The van der Waals surface area contributed by atoms with E-state index in [-0.39, 0.29) is 24.4 Å². The number of anilines is 4. The normalized spacial score (nSPS) is 23.5. The number of halogens is 10. The van der Waals surface area contributed by atoms with Crippen LogP contribution in [-0.2, 0) is 83.0 Å². The largest absolute Gasteiger partial charge is 0.488 e. The van der Waals surface area contributed by atoms with Crippen molar-refractivity contribution in [1.29, 1.82) is 0 Å². The molecule has 0 spiro atoms. The van der Waals surface area contributed by atoms with Gasteiger partial charge in [0.05, 0.1) is 88.5 Å². The Bertz CT molecular complexity index is 5860. The molecule has 137 heavy (non-hydrogen) atoms. The van der Waals surface area contributed by atoms with Gasteiger partial charge in [-0.05, 0) is 183 Å². The van der Waals surface area contributed by atoms with E-state index in [1.54, 1.807) is 49.8 Å². The van der Waals surface area contributed by atoms with Crippen LogP contribution in [0.15, 0.2) is 129 Å². The molecule has 0 amide bonds. The molecule has 0 saturated carbocycles. The summed E-state index contributed by atoms with van der Waals surface area (Å²) in [4.78, 5) is 54.7. The van der Waals surface area contributed by atoms with Crippen LogP contribution in [-0.4, -0.2) is 267 Å². The van der Waals surface area contributed by atoms with Crippen LogP contribution in [0.4, 0.5) is 63.0 Å². The minimum absolute atomic E-state index is 0.0597. The van der Waals surface area contributed by atoms with Crippen LogP contribution in [0.1, 0.15) is 139 Å². The third-order valence-corrected chi connectivity index (χ3v) is 33.7. The zero-order valence-electron chi connectivity index (χ0n) is 76.9. The van der Waals surface area contributed by atoms with Crippen LogP contribution in [0.5, 0.6) is 23.0 Å². The Hall–Kier alpha value is -10.1. The van der Waals surface area contributed by atoms with Crippen molar-refractivity contribution in [1.82, 2.24) is 72.0 Å². The molecule has 0 bridgehead atoms. The van der Waals surface area contributed by atoms with Crippen molar-refractivity contribution in [2.24, 2.45) is 23.7 Å². The highest BCUT2D eigenvalue weighted by Gasteiger charge is 2.42. The highest BCUT2D eigenvalue weighted by molar-refractivity contribution is 7.98. The monoisotopic (exact) mass is 1990 g/mol. The van der Waals surface area contributed by atoms with E-state index < -0.39 is 74.2 Å². The SMILES string of the molecule is C=S(C)(=O)N1CC=C(c2cc3c(cn2)O[C@@H](C2CCN(c4ccc(C(F)(F)F)cn4)CC2)C3)CC1.C=S(C)(=O)N1CC=C(c2cc3c(cn2)O[C@@H](C2CCN(c4cnc(C(F)(F)F)cn4)CC2)C3)CC1.C=S(C)(=O)N1CC=C(c2cc3c(cn2)O[C@@H](C2CCN(c4ncc(C(F)(F)F)cn4)CC2)C3)CC1.C=S(C)(=O)N1CC=C(c2cc3c(cn2)O[C@@H](C2CCN(c4ncc(Cl)cn4)CC2)C3)CC1. The van der Waals surface area contributed by atoms with Gasteiger partial charge in [0.1, 0.15) is 59.0 Å². The van der Waals surface area contributed by atoms with Crippen molar-refractivity contribution >= 4 is 120 Å². The maximum atomic E-state index is 12.8. The maximum Gasteiger partial charge on any atom is 0.434 e. The maximum absolute atomic E-state index is 12.8. The first-order chi connectivity index (χ1) is 65.1. The molecule has 0 N–H and O–H groups in total. The Kier molecular flexibility index (Phi) is 29.2. The van der Waals surface area contributed by atoms with Gasteiger partial charge in [-0.3, -0.25) is 36.8 Å². The third kappa shape index (κ3) is 24.0. The zero-order chi connectivity index (χ0) is 96.7. The van der Waals surface area contributed by atoms with Crippen molar-refractivity contribution in [2.75, 3.05) is 149 Å². The molecule has 20 heterocycles. The number of fused-ring (bicyclic) bond motifs is 4. The van der Waals surface area contributed by atoms with Crippen molar-refractivity contribution in [3.8, 4) is 23.0 Å². The minimum Gasteiger partial charge on any atom is -0.488 e. The first kappa shape index (κ1) is 98.5. The Labute approximate surface area is 799 Å². The average Bonchev–Trinajstić information content (AvgIpc) is 1.73. The molecular formula is C96H113ClF9N19O8S4. The Morgan fingerprint density at radius 3 is 0.869 bits per heavy atom. The Morgan fingerprint density at radius 1 is 0.328 bits per heavy atom. The number of pyridine rings is 5. The number of nitrogens with zero attached hydrogens (tertiary/aromatic N) is 19. The molecular weight excluding hydrogens is 1880 g/mol. The summed E-state index contributed by atoms with van der Waals surface area (Å²) in [7, 11) is -8.74. The van der Waals surface area contributed by atoms with Crippen molar-refractivity contribution in [3.63, 3.8) is 0 Å². The fourth-order valence-corrected chi connectivity index (χ4v) is 23.4. The Morgan fingerprint density at radius 2 is 0.613 bits per heavy atom. The fraction of sp³-hybridized carbons (Fsp3) is 0.490. The van der Waals surface area contributed by atoms with Gasteiger partial charge in [0, 0.05) is 235 Å². The second kappa shape index (κ2) is 40.6. The van der Waals surface area contributed by atoms with Crippen molar-refractivity contribution < 1.29 is 75.3 Å². The van der Waals surface area contributed by atoms with Crippen molar-refractivity contribution in [3.05, 3.63) is 196 Å². The van der Waals surface area contributed by atoms with E-state index in [2.05, 4.69) is 132 Å². The second-order valence-corrected chi connectivity index (χ2v) is 47.6. The lowest BCUT2D eigenvalue weighted by Gasteiger charge is -2.35. The highest BCUT2D eigenvalue weighted by atomic mass is 35.5. The van der Waals surface area contributed by atoms with Crippen LogP contribution < -0.4 is 38.5 Å². The first-order valence-electron chi connectivity index (χ1n) is 46.1. The van der Waals surface area contributed by atoms with Crippen LogP contribution in [0.3, 0.4) is 0 Å². The van der Waals surface area contributed by atoms with Crippen LogP contribution >= 0.6 is 11.6 Å². The van der Waals surface area contributed by atoms with E-state index >= 15 is 0 Å². The van der Waals surface area contributed by atoms with Crippen molar-refractivity contribution in [2.45, 2.75) is 146 Å². The van der Waals surface area contributed by atoms with E-state index in [1.165, 1.54) is 23.4 Å². The molecule has 8 atom stereocenters. The lowest BCUT2D eigenvalue weighted by molar-refractivity contribution is -0.141. The van der Waals surface area contributed by atoms with Gasteiger partial charge < -0.3 is 38.5 Å². The number of alkyl halides is 9. The summed E-state index contributed by atoms with van der Waals surface area (Å²) in [6.07, 6.45) is 31.2. The molecule has 8 aromatic rings. The third-order valence-electron chi connectivity index (χ3n) is 27.8. The van der Waals surface area contributed by atoms with Gasteiger partial charge in [0.2, 0.25) is 11.9 Å². The van der Waals surface area contributed by atoms with E-state index in [9.17, 15) is 56.3 Å². The number of hydrogen-bond acceptors (Lipinski definition) is 23. The molecule has 734 valence electrons. The zero-order valence-corrected chi connectivity index (χ0v) is 80.9. The number of piperidine rings is 4. The minimum atomic E-state index is -4.48. The van der Waals surface area contributed by atoms with Crippen LogP contribution in [0, 0.1) is 23.7 Å². The number of rotatable bonds is 16. The first-order valence-corrected chi connectivity index (χ1v) is 54.8. The summed E-state index contributed by atoms with van der Waals surface area (Å²) in [5, 5.41) is 0.558. The summed E-state index contributed by atoms with van der Waals surface area (Å²) in [6, 6.07) is 11.1. The molecule has 12 aliphatic rings. The summed E-state index contributed by atoms with van der Waals surface area (Å²) in [6.45, 7) is 11.4. The summed E-state index contributed by atoms with van der Waals surface area (Å²) in [5.41, 5.74) is 10.7. The predicted octanol–water partition coefficient (Wildman–Crippen LogP) is 14.1. The number of hydrogen-bond donors (Lipinski definition) is 0. The van der Waals surface area contributed by atoms with Crippen LogP contribution in [0.25, 0.3) is 22.3 Å². The van der Waals surface area contributed by atoms with Gasteiger partial charge in [-0.25, -0.2) is 52.1 Å². The van der Waals surface area contributed by atoms with Gasteiger partial charge in [-0.15, -0.1) is 0 Å². The molecule has 0 radical (unpaired) electrons. The number of ether oxygens (including phenoxy) is 4. The molecule has 4 fully saturated rings. The van der Waals surface area contributed by atoms with E-state index in [4.69, 9.17) is 30.5 Å². The lowest BCUT2D eigenvalue weighted by atomic mass is 9.89.